The third-order valence-electron chi connectivity index (χ3n) is 6.69. The Morgan fingerprint density at radius 2 is 2.00 bits per heavy atom. The van der Waals surface area contributed by atoms with Crippen molar-refractivity contribution in [2.24, 2.45) is 0 Å². The normalized spacial score (nSPS) is 14.9. The van der Waals surface area contributed by atoms with Crippen molar-refractivity contribution < 1.29 is 9.18 Å². The van der Waals surface area contributed by atoms with Crippen LogP contribution in [-0.2, 0) is 6.42 Å². The number of carbonyl (C=O) groups excluding carboxylic acids is 1. The Bertz CT molecular complexity index is 1160. The highest BCUT2D eigenvalue weighted by Gasteiger charge is 2.23. The van der Waals surface area contributed by atoms with Gasteiger partial charge in [-0.25, -0.2) is 4.39 Å². The molecular weight excluding hydrogens is 465 g/mol. The van der Waals surface area contributed by atoms with Crippen molar-refractivity contribution in [1.82, 2.24) is 14.7 Å². The van der Waals surface area contributed by atoms with Gasteiger partial charge < -0.3 is 15.1 Å². The van der Waals surface area contributed by atoms with Gasteiger partial charge in [-0.1, -0.05) is 17.7 Å². The number of piperidine rings is 1. The lowest BCUT2D eigenvalue weighted by Gasteiger charge is -2.38. The average Bonchev–Trinajstić information content (AvgIpc) is 3.32. The number of hydrogen-bond acceptors (Lipinski definition) is 4. The van der Waals surface area contributed by atoms with E-state index in [0.29, 0.717) is 17.8 Å². The molecule has 1 aliphatic rings. The van der Waals surface area contributed by atoms with Crippen LogP contribution in [0.5, 0.6) is 0 Å². The summed E-state index contributed by atoms with van der Waals surface area (Å²) >= 11 is 6.04. The van der Waals surface area contributed by atoms with Crippen molar-refractivity contribution in [3.05, 3.63) is 76.8 Å². The van der Waals surface area contributed by atoms with Gasteiger partial charge in [0.25, 0.3) is 5.91 Å². The zero-order valence-electron chi connectivity index (χ0n) is 20.5. The molecule has 0 saturated carbocycles. The van der Waals surface area contributed by atoms with Crippen LogP contribution in [0.3, 0.4) is 0 Å². The second-order valence-corrected chi connectivity index (χ2v) is 9.89. The molecule has 2 heterocycles. The molecule has 3 aromatic rings. The molecule has 0 bridgehead atoms. The average molecular weight is 498 g/mol. The van der Waals surface area contributed by atoms with Crippen LogP contribution in [0.4, 0.5) is 15.8 Å². The van der Waals surface area contributed by atoms with Gasteiger partial charge >= 0.3 is 0 Å². The fraction of sp³-hybridized carbons (Fsp3) is 0.407. The van der Waals surface area contributed by atoms with Crippen LogP contribution in [0.2, 0.25) is 5.02 Å². The highest BCUT2D eigenvalue weighted by Crippen LogP contribution is 2.26. The molecule has 0 aliphatic carbocycles. The second kappa shape index (κ2) is 11.2. The molecule has 1 N–H and O–H groups in total. The number of hydrogen-bond donors (Lipinski definition) is 1. The van der Waals surface area contributed by atoms with Gasteiger partial charge in [0, 0.05) is 56.3 Å². The lowest BCUT2D eigenvalue weighted by molar-refractivity contribution is 0.102. The number of likely N-dealkylation sites (tertiary alicyclic amines) is 1. The monoisotopic (exact) mass is 497 g/mol. The van der Waals surface area contributed by atoms with Crippen LogP contribution in [0.1, 0.15) is 48.7 Å². The van der Waals surface area contributed by atoms with Crippen LogP contribution in [0, 0.1) is 5.82 Å². The van der Waals surface area contributed by atoms with E-state index in [1.54, 1.807) is 0 Å². The third-order valence-corrected chi connectivity index (χ3v) is 7.01. The Hall–Kier alpha value is -2.90. The maximum Gasteiger partial charge on any atom is 0.257 e. The van der Waals surface area contributed by atoms with Crippen LogP contribution in [0.15, 0.2) is 54.9 Å². The summed E-state index contributed by atoms with van der Waals surface area (Å²) in [5.74, 6) is -0.828. The largest absolute Gasteiger partial charge is 0.371 e. The van der Waals surface area contributed by atoms with Gasteiger partial charge in [-0.3, -0.25) is 9.48 Å². The molecule has 0 radical (unpaired) electrons. The van der Waals surface area contributed by atoms with E-state index in [1.807, 2.05) is 29.1 Å². The first-order valence-electron chi connectivity index (χ1n) is 12.1. The summed E-state index contributed by atoms with van der Waals surface area (Å²) in [7, 11) is 2.11. The van der Waals surface area contributed by atoms with E-state index in [4.69, 9.17) is 11.6 Å². The molecular formula is C27H33ClFN5O. The van der Waals surface area contributed by atoms with Gasteiger partial charge in [-0.15, -0.1) is 0 Å². The first-order valence-corrected chi connectivity index (χ1v) is 12.5. The van der Waals surface area contributed by atoms with Crippen LogP contribution in [0.25, 0.3) is 0 Å². The molecule has 0 unspecified atom stereocenters. The van der Waals surface area contributed by atoms with Crippen molar-refractivity contribution in [3.63, 3.8) is 0 Å². The molecule has 1 saturated heterocycles. The summed E-state index contributed by atoms with van der Waals surface area (Å²) < 4.78 is 15.3. The van der Waals surface area contributed by atoms with Crippen molar-refractivity contribution in [2.75, 3.05) is 36.9 Å². The lowest BCUT2D eigenvalue weighted by Crippen LogP contribution is -2.44. The number of anilines is 2. The maximum absolute atomic E-state index is 13.3. The van der Waals surface area contributed by atoms with Crippen LogP contribution < -0.4 is 10.2 Å². The second-order valence-electron chi connectivity index (χ2n) is 9.48. The smallest absolute Gasteiger partial charge is 0.257 e. The quantitative estimate of drug-likeness (QED) is 0.437. The SMILES string of the molecule is CC(C)n1cc(CCN2CCC(N(C)c3cccc(NC(=O)c4ccc(F)cc4Cl)c3)CC2)cn1. The number of carbonyl (C=O) groups is 1. The van der Waals surface area contributed by atoms with Gasteiger partial charge in [-0.2, -0.15) is 5.10 Å². The summed E-state index contributed by atoms with van der Waals surface area (Å²) in [6.45, 7) is 7.46. The standard InChI is InChI=1S/C27H33ClFN5O/c1-19(2)34-18-20(17-30-34)9-12-33-13-10-23(11-14-33)32(3)24-6-4-5-22(16-24)31-27(35)25-8-7-21(29)15-26(25)28/h4-8,15-19,23H,9-14H2,1-3H3,(H,31,35). The van der Waals surface area contributed by atoms with E-state index in [1.165, 1.54) is 17.7 Å². The molecule has 0 atom stereocenters. The zero-order chi connectivity index (χ0) is 24.9. The van der Waals surface area contributed by atoms with Gasteiger partial charge in [-0.05, 0) is 75.1 Å². The van der Waals surface area contributed by atoms with E-state index >= 15 is 0 Å². The number of rotatable bonds is 8. The first-order chi connectivity index (χ1) is 16.8. The highest BCUT2D eigenvalue weighted by atomic mass is 35.5. The van der Waals surface area contributed by atoms with Gasteiger partial charge in [0.05, 0.1) is 16.8 Å². The number of nitrogens with one attached hydrogen (secondary N) is 1. The van der Waals surface area contributed by atoms with Crippen molar-refractivity contribution in [1.29, 1.82) is 0 Å². The van der Waals surface area contributed by atoms with E-state index < -0.39 is 5.82 Å². The minimum atomic E-state index is -0.469. The van der Waals surface area contributed by atoms with Crippen LogP contribution >= 0.6 is 11.6 Å². The topological polar surface area (TPSA) is 53.4 Å². The molecule has 8 heteroatoms. The molecule has 4 rings (SSSR count). The lowest BCUT2D eigenvalue weighted by atomic mass is 10.0. The minimum absolute atomic E-state index is 0.0938. The molecule has 2 aromatic carbocycles. The summed E-state index contributed by atoms with van der Waals surface area (Å²) in [6, 6.07) is 12.4. The molecule has 1 fully saturated rings. The summed E-state index contributed by atoms with van der Waals surface area (Å²) in [6.07, 6.45) is 7.33. The number of benzene rings is 2. The number of nitrogens with zero attached hydrogens (tertiary/aromatic N) is 4. The van der Waals surface area contributed by atoms with Crippen molar-refractivity contribution in [2.45, 2.75) is 45.2 Å². The van der Waals surface area contributed by atoms with E-state index in [0.717, 1.165) is 50.7 Å². The molecule has 1 amide bonds. The Labute approximate surface area is 211 Å². The Balaban J connectivity index is 1.30. The number of amides is 1. The van der Waals surface area contributed by atoms with Gasteiger partial charge in [0.2, 0.25) is 0 Å². The fourth-order valence-electron chi connectivity index (χ4n) is 4.49. The Morgan fingerprint density at radius 1 is 1.23 bits per heavy atom. The predicted molar refractivity (Wildman–Crippen MR) is 140 cm³/mol. The summed E-state index contributed by atoms with van der Waals surface area (Å²) in [4.78, 5) is 17.4. The van der Waals surface area contributed by atoms with Crippen molar-refractivity contribution in [3.8, 4) is 0 Å². The number of aromatic nitrogens is 2. The Morgan fingerprint density at radius 3 is 2.69 bits per heavy atom. The van der Waals surface area contributed by atoms with E-state index in [-0.39, 0.29) is 16.5 Å². The van der Waals surface area contributed by atoms with Gasteiger partial charge in [0.1, 0.15) is 5.82 Å². The maximum atomic E-state index is 13.3. The van der Waals surface area contributed by atoms with Crippen molar-refractivity contribution >= 4 is 28.9 Å². The summed E-state index contributed by atoms with van der Waals surface area (Å²) in [5.41, 5.74) is 3.26. The first kappa shape index (κ1) is 25.2. The molecule has 186 valence electrons. The minimum Gasteiger partial charge on any atom is -0.371 e. The highest BCUT2D eigenvalue weighted by molar-refractivity contribution is 6.34. The molecule has 1 aliphatic heterocycles. The third kappa shape index (κ3) is 6.41. The predicted octanol–water partition coefficient (Wildman–Crippen LogP) is 5.65. The van der Waals surface area contributed by atoms with Crippen LogP contribution in [-0.4, -0.2) is 53.3 Å². The Kier molecular flexibility index (Phi) is 8.08. The number of halogens is 2. The van der Waals surface area contributed by atoms with Gasteiger partial charge in [0.15, 0.2) is 0 Å². The van der Waals surface area contributed by atoms with E-state index in [9.17, 15) is 9.18 Å². The molecule has 0 spiro atoms. The van der Waals surface area contributed by atoms with E-state index in [2.05, 4.69) is 53.4 Å². The zero-order valence-corrected chi connectivity index (χ0v) is 21.3. The molecule has 6 nitrogen and oxygen atoms in total. The molecule has 35 heavy (non-hydrogen) atoms. The summed E-state index contributed by atoms with van der Waals surface area (Å²) in [5, 5.41) is 7.41. The fourth-order valence-corrected chi connectivity index (χ4v) is 4.75. The molecule has 1 aromatic heterocycles.